The third-order valence-corrected chi connectivity index (χ3v) is 3.81. The number of carbonyl (C=O) groups excluding carboxylic acids is 1. The van der Waals surface area contributed by atoms with E-state index in [1.807, 2.05) is 30.3 Å². The van der Waals surface area contributed by atoms with Gasteiger partial charge in [-0.05, 0) is 42.3 Å². The first-order chi connectivity index (χ1) is 12.1. The fourth-order valence-corrected chi connectivity index (χ4v) is 2.48. The highest BCUT2D eigenvalue weighted by Gasteiger charge is 2.07. The summed E-state index contributed by atoms with van der Waals surface area (Å²) in [7, 11) is 3.19. The Morgan fingerprint density at radius 1 is 1.08 bits per heavy atom. The van der Waals surface area contributed by atoms with Crippen molar-refractivity contribution in [1.82, 2.24) is 5.32 Å². The van der Waals surface area contributed by atoms with E-state index in [0.717, 1.165) is 5.56 Å². The molecule has 25 heavy (non-hydrogen) atoms. The number of carbonyl (C=O) groups is 1. The summed E-state index contributed by atoms with van der Waals surface area (Å²) in [5.74, 6) is 2.00. The number of benzene rings is 2. The van der Waals surface area contributed by atoms with Crippen molar-refractivity contribution in [2.24, 2.45) is 0 Å². The first kappa shape index (κ1) is 18.9. The van der Waals surface area contributed by atoms with Crippen LogP contribution in [0, 0.1) is 0 Å². The van der Waals surface area contributed by atoms with E-state index >= 15 is 0 Å². The number of hydrogen-bond donors (Lipinski definition) is 1. The van der Waals surface area contributed by atoms with Crippen LogP contribution in [0.5, 0.6) is 17.2 Å². The van der Waals surface area contributed by atoms with Gasteiger partial charge in [-0.1, -0.05) is 23.7 Å². The molecule has 0 unspecified atom stereocenters. The van der Waals surface area contributed by atoms with E-state index in [9.17, 15) is 4.79 Å². The molecule has 0 radical (unpaired) electrons. The molecule has 2 aromatic carbocycles. The molecule has 0 spiro atoms. The average molecular weight is 364 g/mol. The van der Waals surface area contributed by atoms with Gasteiger partial charge in [-0.2, -0.15) is 0 Å². The molecule has 134 valence electrons. The second kappa shape index (κ2) is 9.79. The molecule has 0 bridgehead atoms. The predicted molar refractivity (Wildman–Crippen MR) is 97.8 cm³/mol. The van der Waals surface area contributed by atoms with Crippen molar-refractivity contribution in [3.63, 3.8) is 0 Å². The van der Waals surface area contributed by atoms with Crippen molar-refractivity contribution in [2.45, 2.75) is 12.8 Å². The molecule has 0 aliphatic heterocycles. The maximum atomic E-state index is 11.9. The van der Waals surface area contributed by atoms with Gasteiger partial charge in [0.05, 0.1) is 20.8 Å². The Morgan fingerprint density at radius 2 is 1.88 bits per heavy atom. The molecule has 1 amide bonds. The van der Waals surface area contributed by atoms with E-state index in [-0.39, 0.29) is 5.91 Å². The Balaban J connectivity index is 1.70. The summed E-state index contributed by atoms with van der Waals surface area (Å²) in [6.45, 7) is 0.833. The molecule has 0 heterocycles. The van der Waals surface area contributed by atoms with Crippen molar-refractivity contribution in [3.8, 4) is 17.2 Å². The highest BCUT2D eigenvalue weighted by Crippen LogP contribution is 2.27. The first-order valence-electron chi connectivity index (χ1n) is 7.98. The molecule has 0 aliphatic rings. The quantitative estimate of drug-likeness (QED) is 0.693. The van der Waals surface area contributed by atoms with Crippen LogP contribution in [0.25, 0.3) is 0 Å². The van der Waals surface area contributed by atoms with Crippen LogP contribution >= 0.6 is 11.6 Å². The summed E-state index contributed by atoms with van der Waals surface area (Å²) in [6.07, 6.45) is 1.02. The van der Waals surface area contributed by atoms with Crippen LogP contribution in [0.15, 0.2) is 42.5 Å². The minimum Gasteiger partial charge on any atom is -0.493 e. The molecule has 6 heteroatoms. The number of amides is 1. The lowest BCUT2D eigenvalue weighted by Crippen LogP contribution is -2.28. The van der Waals surface area contributed by atoms with Crippen molar-refractivity contribution in [3.05, 3.63) is 53.1 Å². The lowest BCUT2D eigenvalue weighted by atomic mass is 10.1. The highest BCUT2D eigenvalue weighted by atomic mass is 35.5. The SMILES string of the molecule is COc1ccc(CCC(=O)NCCOc2cccc(Cl)c2)cc1OC. The Bertz CT molecular complexity index is 706. The average Bonchev–Trinajstić information content (AvgIpc) is 2.63. The van der Waals surface area contributed by atoms with Crippen LogP contribution < -0.4 is 19.5 Å². The Hall–Kier alpha value is -2.40. The van der Waals surface area contributed by atoms with Gasteiger partial charge in [0.2, 0.25) is 5.91 Å². The molecular weight excluding hydrogens is 342 g/mol. The predicted octanol–water partition coefficient (Wildman–Crippen LogP) is 3.49. The van der Waals surface area contributed by atoms with Crippen molar-refractivity contribution >= 4 is 17.5 Å². The summed E-state index contributed by atoms with van der Waals surface area (Å²) in [5, 5.41) is 3.46. The summed E-state index contributed by atoms with van der Waals surface area (Å²) in [5.41, 5.74) is 1.02. The highest BCUT2D eigenvalue weighted by molar-refractivity contribution is 6.30. The van der Waals surface area contributed by atoms with Gasteiger partial charge in [-0.3, -0.25) is 4.79 Å². The van der Waals surface area contributed by atoms with Crippen molar-refractivity contribution in [2.75, 3.05) is 27.4 Å². The number of nitrogens with one attached hydrogen (secondary N) is 1. The standard InChI is InChI=1S/C19H22ClNO4/c1-23-17-8-6-14(12-18(17)24-2)7-9-19(22)21-10-11-25-16-5-3-4-15(20)13-16/h3-6,8,12-13H,7,9-11H2,1-2H3,(H,21,22). The van der Waals surface area contributed by atoms with E-state index in [1.165, 1.54) is 0 Å². The van der Waals surface area contributed by atoms with Gasteiger partial charge in [-0.15, -0.1) is 0 Å². The van der Waals surface area contributed by atoms with E-state index in [1.54, 1.807) is 26.4 Å². The monoisotopic (exact) mass is 363 g/mol. The second-order valence-corrected chi connectivity index (χ2v) is 5.78. The molecule has 5 nitrogen and oxygen atoms in total. The fraction of sp³-hybridized carbons (Fsp3) is 0.316. The van der Waals surface area contributed by atoms with E-state index in [2.05, 4.69) is 5.32 Å². The van der Waals surface area contributed by atoms with E-state index < -0.39 is 0 Å². The van der Waals surface area contributed by atoms with Crippen LogP contribution in [0.2, 0.25) is 5.02 Å². The Kier molecular flexibility index (Phi) is 7.41. The van der Waals surface area contributed by atoms with Crippen molar-refractivity contribution in [1.29, 1.82) is 0 Å². The van der Waals surface area contributed by atoms with Gasteiger partial charge in [0.15, 0.2) is 11.5 Å². The second-order valence-electron chi connectivity index (χ2n) is 5.35. The van der Waals surface area contributed by atoms with E-state index in [0.29, 0.717) is 48.3 Å². The minimum absolute atomic E-state index is 0.0236. The van der Waals surface area contributed by atoms with E-state index in [4.69, 9.17) is 25.8 Å². The summed E-state index contributed by atoms with van der Waals surface area (Å²) >= 11 is 5.88. The number of rotatable bonds is 9. The number of halogens is 1. The molecule has 0 aliphatic carbocycles. The van der Waals surface area contributed by atoms with Crippen molar-refractivity contribution < 1.29 is 19.0 Å². The summed E-state index contributed by atoms with van der Waals surface area (Å²) in [4.78, 5) is 11.9. The Labute approximate surface area is 152 Å². The minimum atomic E-state index is -0.0236. The van der Waals surface area contributed by atoms with Gasteiger partial charge in [0, 0.05) is 11.4 Å². The largest absolute Gasteiger partial charge is 0.493 e. The molecular formula is C19H22ClNO4. The number of methoxy groups -OCH3 is 2. The lowest BCUT2D eigenvalue weighted by Gasteiger charge is -2.10. The van der Waals surface area contributed by atoms with Crippen LogP contribution in [-0.4, -0.2) is 33.3 Å². The molecule has 2 rings (SSSR count). The molecule has 0 saturated carbocycles. The maximum absolute atomic E-state index is 11.9. The number of aryl methyl sites for hydroxylation is 1. The normalized spacial score (nSPS) is 10.2. The van der Waals surface area contributed by atoms with Gasteiger partial charge in [0.25, 0.3) is 0 Å². The molecule has 0 saturated heterocycles. The van der Waals surface area contributed by atoms with Gasteiger partial charge < -0.3 is 19.5 Å². The van der Waals surface area contributed by atoms with Crippen LogP contribution in [-0.2, 0) is 11.2 Å². The Morgan fingerprint density at radius 3 is 2.60 bits per heavy atom. The summed E-state index contributed by atoms with van der Waals surface area (Å²) < 4.78 is 16.0. The van der Waals surface area contributed by atoms with Gasteiger partial charge in [0.1, 0.15) is 12.4 Å². The van der Waals surface area contributed by atoms with Crippen LogP contribution in [0.3, 0.4) is 0 Å². The maximum Gasteiger partial charge on any atom is 0.220 e. The number of hydrogen-bond acceptors (Lipinski definition) is 4. The first-order valence-corrected chi connectivity index (χ1v) is 8.36. The van der Waals surface area contributed by atoms with Gasteiger partial charge >= 0.3 is 0 Å². The van der Waals surface area contributed by atoms with Crippen LogP contribution in [0.1, 0.15) is 12.0 Å². The zero-order chi connectivity index (χ0) is 18.1. The third-order valence-electron chi connectivity index (χ3n) is 3.58. The molecule has 0 atom stereocenters. The third kappa shape index (κ3) is 6.19. The lowest BCUT2D eigenvalue weighted by molar-refractivity contribution is -0.121. The van der Waals surface area contributed by atoms with Gasteiger partial charge in [-0.25, -0.2) is 0 Å². The molecule has 1 N–H and O–H groups in total. The molecule has 0 fully saturated rings. The topological polar surface area (TPSA) is 56.8 Å². The van der Waals surface area contributed by atoms with Crippen LogP contribution in [0.4, 0.5) is 0 Å². The summed E-state index contributed by atoms with van der Waals surface area (Å²) in [6, 6.07) is 12.8. The molecule has 2 aromatic rings. The number of ether oxygens (including phenoxy) is 3. The fourth-order valence-electron chi connectivity index (χ4n) is 2.30. The zero-order valence-electron chi connectivity index (χ0n) is 14.4. The smallest absolute Gasteiger partial charge is 0.220 e. The molecule has 0 aromatic heterocycles. The zero-order valence-corrected chi connectivity index (χ0v) is 15.1.